The lowest BCUT2D eigenvalue weighted by Gasteiger charge is -2.25. The molecule has 31 heavy (non-hydrogen) atoms. The number of alkyl halides is 3. The molecule has 1 amide bonds. The van der Waals surface area contributed by atoms with Crippen molar-refractivity contribution in [1.29, 1.82) is 0 Å². The zero-order chi connectivity index (χ0) is 22.5. The number of rotatable bonds is 7. The normalized spacial score (nSPS) is 15.5. The molecule has 6 nitrogen and oxygen atoms in total. The second-order valence-electron chi connectivity index (χ2n) is 7.20. The number of anilines is 1. The molecule has 1 aliphatic heterocycles. The summed E-state index contributed by atoms with van der Waals surface area (Å²) in [4.78, 5) is 12.4. The number of hydrogen-bond donors (Lipinski definition) is 1. The number of piperidine rings is 1. The van der Waals surface area contributed by atoms with Crippen molar-refractivity contribution < 1.29 is 31.1 Å². The first-order valence-corrected chi connectivity index (χ1v) is 11.3. The zero-order valence-corrected chi connectivity index (χ0v) is 17.5. The molecule has 1 heterocycles. The standard InChI is InChI=1S/C21H23F3N2O4S/c22-21(23,24)30-19-7-3-2-6-18(19)25-20(27)13-10-16-8-11-17(12-9-16)31(28,29)26-14-4-1-5-15-26/h2-3,6-9,11-12H,1,4-5,10,13-15H2,(H,25,27). The smallest absolute Gasteiger partial charge is 0.404 e. The van der Waals surface area contributed by atoms with Crippen molar-refractivity contribution in [2.75, 3.05) is 18.4 Å². The van der Waals surface area contributed by atoms with E-state index in [1.807, 2.05) is 0 Å². The van der Waals surface area contributed by atoms with Gasteiger partial charge in [-0.2, -0.15) is 4.31 Å². The summed E-state index contributed by atoms with van der Waals surface area (Å²) in [6, 6.07) is 11.6. The molecule has 0 unspecified atom stereocenters. The third-order valence-corrected chi connectivity index (χ3v) is 6.82. The highest BCUT2D eigenvalue weighted by molar-refractivity contribution is 7.89. The Kier molecular flexibility index (Phi) is 7.22. The first kappa shape index (κ1) is 23.1. The Morgan fingerprint density at radius 2 is 1.65 bits per heavy atom. The van der Waals surface area contributed by atoms with Crippen LogP contribution in [0.3, 0.4) is 0 Å². The molecule has 1 aliphatic rings. The van der Waals surface area contributed by atoms with Crippen molar-refractivity contribution in [3.8, 4) is 5.75 Å². The van der Waals surface area contributed by atoms with Gasteiger partial charge in [-0.3, -0.25) is 4.79 Å². The Balaban J connectivity index is 1.58. The van der Waals surface area contributed by atoms with Gasteiger partial charge in [0, 0.05) is 19.5 Å². The number of nitrogens with one attached hydrogen (secondary N) is 1. The average Bonchev–Trinajstić information content (AvgIpc) is 2.73. The highest BCUT2D eigenvalue weighted by Crippen LogP contribution is 2.30. The predicted molar refractivity (Wildman–Crippen MR) is 109 cm³/mol. The molecule has 168 valence electrons. The maximum absolute atomic E-state index is 12.7. The number of nitrogens with zero attached hydrogens (tertiary/aromatic N) is 1. The Bertz CT molecular complexity index is 1000. The van der Waals surface area contributed by atoms with Crippen LogP contribution in [0.25, 0.3) is 0 Å². The topological polar surface area (TPSA) is 75.7 Å². The van der Waals surface area contributed by atoms with E-state index in [-0.39, 0.29) is 17.0 Å². The summed E-state index contributed by atoms with van der Waals surface area (Å²) >= 11 is 0. The highest BCUT2D eigenvalue weighted by atomic mass is 32.2. The molecular formula is C21H23F3N2O4S. The summed E-state index contributed by atoms with van der Waals surface area (Å²) < 4.78 is 68.2. The van der Waals surface area contributed by atoms with Gasteiger partial charge in [0.15, 0.2) is 5.75 Å². The van der Waals surface area contributed by atoms with Gasteiger partial charge in [-0.1, -0.05) is 30.7 Å². The number of para-hydroxylation sites is 2. The first-order chi connectivity index (χ1) is 14.6. The van der Waals surface area contributed by atoms with E-state index in [1.165, 1.54) is 34.6 Å². The Morgan fingerprint density at radius 3 is 2.29 bits per heavy atom. The number of amides is 1. The van der Waals surface area contributed by atoms with Crippen molar-refractivity contribution >= 4 is 21.6 Å². The predicted octanol–water partition coefficient (Wildman–Crippen LogP) is 4.33. The summed E-state index contributed by atoms with van der Waals surface area (Å²) in [5.74, 6) is -0.973. The molecule has 0 spiro atoms. The Hall–Kier alpha value is -2.59. The fourth-order valence-electron chi connectivity index (χ4n) is 3.34. The molecule has 0 radical (unpaired) electrons. The summed E-state index contributed by atoms with van der Waals surface area (Å²) in [5, 5.41) is 2.42. The molecule has 3 rings (SSSR count). The molecule has 0 aromatic heterocycles. The van der Waals surface area contributed by atoms with Crippen LogP contribution in [0.4, 0.5) is 18.9 Å². The summed E-state index contributed by atoms with van der Waals surface area (Å²) in [6.45, 7) is 1.04. The average molecular weight is 456 g/mol. The number of benzene rings is 2. The molecule has 0 aliphatic carbocycles. The number of carbonyl (C=O) groups excluding carboxylic acids is 1. The SMILES string of the molecule is O=C(CCc1ccc(S(=O)(=O)N2CCCCC2)cc1)Nc1ccccc1OC(F)(F)F. The van der Waals surface area contributed by atoms with E-state index in [2.05, 4.69) is 10.1 Å². The molecule has 1 saturated heterocycles. The maximum Gasteiger partial charge on any atom is 0.573 e. The minimum atomic E-state index is -4.86. The van der Waals surface area contributed by atoms with E-state index in [0.717, 1.165) is 30.9 Å². The number of halogens is 3. The summed E-state index contributed by atoms with van der Waals surface area (Å²) in [6.07, 6.45) is -1.82. The van der Waals surface area contributed by atoms with Crippen LogP contribution in [0.1, 0.15) is 31.2 Å². The fraction of sp³-hybridized carbons (Fsp3) is 0.381. The van der Waals surface area contributed by atoms with Crippen LogP contribution in [0.5, 0.6) is 5.75 Å². The lowest BCUT2D eigenvalue weighted by Crippen LogP contribution is -2.35. The Labute approximate surface area is 179 Å². The van der Waals surface area contributed by atoms with Gasteiger partial charge in [-0.05, 0) is 49.1 Å². The molecule has 10 heteroatoms. The number of carbonyl (C=O) groups is 1. The van der Waals surface area contributed by atoms with Crippen LogP contribution >= 0.6 is 0 Å². The van der Waals surface area contributed by atoms with Gasteiger partial charge in [0.1, 0.15) is 0 Å². The third-order valence-electron chi connectivity index (χ3n) is 4.90. The van der Waals surface area contributed by atoms with E-state index < -0.39 is 28.0 Å². The second kappa shape index (κ2) is 9.69. The third kappa shape index (κ3) is 6.44. The molecule has 0 bridgehead atoms. The van der Waals surface area contributed by atoms with Gasteiger partial charge in [-0.15, -0.1) is 13.2 Å². The van der Waals surface area contributed by atoms with Crippen LogP contribution in [0.2, 0.25) is 0 Å². The van der Waals surface area contributed by atoms with E-state index in [1.54, 1.807) is 12.1 Å². The molecule has 2 aromatic rings. The van der Waals surface area contributed by atoms with Crippen molar-refractivity contribution in [2.45, 2.75) is 43.4 Å². The van der Waals surface area contributed by atoms with Gasteiger partial charge < -0.3 is 10.1 Å². The lowest BCUT2D eigenvalue weighted by atomic mass is 10.1. The van der Waals surface area contributed by atoms with Crippen molar-refractivity contribution in [3.63, 3.8) is 0 Å². The highest BCUT2D eigenvalue weighted by Gasteiger charge is 2.32. The van der Waals surface area contributed by atoms with E-state index in [9.17, 15) is 26.4 Å². The molecule has 0 saturated carbocycles. The molecule has 1 N–H and O–H groups in total. The van der Waals surface area contributed by atoms with Crippen molar-refractivity contribution in [1.82, 2.24) is 4.31 Å². The second-order valence-corrected chi connectivity index (χ2v) is 9.14. The number of ether oxygens (including phenoxy) is 1. The summed E-state index contributed by atoms with van der Waals surface area (Å²) in [7, 11) is -3.52. The maximum atomic E-state index is 12.7. The van der Waals surface area contributed by atoms with E-state index in [4.69, 9.17) is 0 Å². The van der Waals surface area contributed by atoms with Gasteiger partial charge >= 0.3 is 6.36 Å². The molecule has 2 aromatic carbocycles. The van der Waals surface area contributed by atoms with Gasteiger partial charge in [0.2, 0.25) is 15.9 Å². The Morgan fingerprint density at radius 1 is 1.00 bits per heavy atom. The van der Waals surface area contributed by atoms with Gasteiger partial charge in [0.05, 0.1) is 10.6 Å². The number of aryl methyl sites for hydroxylation is 1. The van der Waals surface area contributed by atoms with E-state index >= 15 is 0 Å². The van der Waals surface area contributed by atoms with Crippen LogP contribution in [-0.4, -0.2) is 38.1 Å². The minimum Gasteiger partial charge on any atom is -0.404 e. The fourth-order valence-corrected chi connectivity index (χ4v) is 4.85. The van der Waals surface area contributed by atoms with Gasteiger partial charge in [-0.25, -0.2) is 8.42 Å². The van der Waals surface area contributed by atoms with Gasteiger partial charge in [0.25, 0.3) is 0 Å². The first-order valence-electron chi connectivity index (χ1n) is 9.89. The largest absolute Gasteiger partial charge is 0.573 e. The quantitative estimate of drug-likeness (QED) is 0.673. The van der Waals surface area contributed by atoms with Crippen molar-refractivity contribution in [3.05, 3.63) is 54.1 Å². The van der Waals surface area contributed by atoms with E-state index in [0.29, 0.717) is 19.5 Å². The monoisotopic (exact) mass is 456 g/mol. The number of sulfonamides is 1. The lowest BCUT2D eigenvalue weighted by molar-refractivity contribution is -0.274. The van der Waals surface area contributed by atoms with Crippen LogP contribution in [-0.2, 0) is 21.2 Å². The van der Waals surface area contributed by atoms with Crippen LogP contribution < -0.4 is 10.1 Å². The van der Waals surface area contributed by atoms with Crippen LogP contribution in [0.15, 0.2) is 53.4 Å². The molecule has 1 fully saturated rings. The van der Waals surface area contributed by atoms with Crippen LogP contribution in [0, 0.1) is 0 Å². The molecular weight excluding hydrogens is 433 g/mol. The molecule has 0 atom stereocenters. The summed E-state index contributed by atoms with van der Waals surface area (Å²) in [5.41, 5.74) is 0.667. The minimum absolute atomic E-state index is 0.0125. The number of hydrogen-bond acceptors (Lipinski definition) is 4. The zero-order valence-electron chi connectivity index (χ0n) is 16.7. The van der Waals surface area contributed by atoms with Crippen molar-refractivity contribution in [2.24, 2.45) is 0 Å².